The van der Waals surface area contributed by atoms with Crippen molar-refractivity contribution in [3.63, 3.8) is 0 Å². The molecule has 0 aliphatic carbocycles. The van der Waals surface area contributed by atoms with Crippen LogP contribution in [-0.4, -0.2) is 68.5 Å². The van der Waals surface area contributed by atoms with Crippen LogP contribution in [0.3, 0.4) is 0 Å². The average molecular weight is 807 g/mol. The summed E-state index contributed by atoms with van der Waals surface area (Å²) in [6.07, 6.45) is 0.948. The van der Waals surface area contributed by atoms with E-state index in [-0.39, 0.29) is 28.7 Å². The summed E-state index contributed by atoms with van der Waals surface area (Å²) in [5, 5.41) is 9.07. The van der Waals surface area contributed by atoms with Gasteiger partial charge in [0.15, 0.2) is 5.78 Å². The molecule has 4 aromatic rings. The second-order valence-corrected chi connectivity index (χ2v) is 16.8. The number of carboxylic acids is 1. The second kappa shape index (κ2) is 15.8. The predicted octanol–water partition coefficient (Wildman–Crippen LogP) is 6.26. The predicted molar refractivity (Wildman–Crippen MR) is 188 cm³/mol. The lowest BCUT2D eigenvalue weighted by atomic mass is 10.0. The van der Waals surface area contributed by atoms with Gasteiger partial charge < -0.3 is 5.11 Å². The van der Waals surface area contributed by atoms with Gasteiger partial charge in [0.2, 0.25) is 20.0 Å². The fraction of sp³-hybridized carbons (Fsp3) is 0.235. The third kappa shape index (κ3) is 9.68. The first kappa shape index (κ1) is 36.6. The Morgan fingerprint density at radius 2 is 1.43 bits per heavy atom. The van der Waals surface area contributed by atoms with Gasteiger partial charge in [-0.15, -0.1) is 0 Å². The summed E-state index contributed by atoms with van der Waals surface area (Å²) in [5.41, 5.74) is 4.35. The molecule has 13 heteroatoms. The molecular weight excluding hydrogens is 772 g/mol. The minimum atomic E-state index is -3.85. The van der Waals surface area contributed by atoms with Gasteiger partial charge in [-0.3, -0.25) is 9.59 Å². The van der Waals surface area contributed by atoms with E-state index in [4.69, 9.17) is 5.11 Å². The maximum absolute atomic E-state index is 12.8. The Balaban J connectivity index is 0.000000213. The molecular formula is C34H34Br2N2O7S2. The standard InChI is InChI=1S/C17H18BrNO4S.C17H16BrNO3S/c1-13-5-7-16(8-6-13)24(22,23)19(12-17(20)21)10-9-14-3-2-4-15(18)11-14;1-12-2-5-15(6-3-12)23(21,22)19-9-8-13-10-14(18)4-7-16(13)17(20)11-19/h2-8,11H,9-10,12H2,1H3,(H,20,21);2-7,10H,8-9,11H2,1H3. The quantitative estimate of drug-likeness (QED) is 0.212. The maximum Gasteiger partial charge on any atom is 0.318 e. The van der Waals surface area contributed by atoms with Gasteiger partial charge in [-0.25, -0.2) is 16.8 Å². The van der Waals surface area contributed by atoms with Crippen LogP contribution in [0.2, 0.25) is 0 Å². The summed E-state index contributed by atoms with van der Waals surface area (Å²) < 4.78 is 55.1. The summed E-state index contributed by atoms with van der Waals surface area (Å²) in [7, 11) is -7.51. The number of sulfonamides is 2. The van der Waals surface area contributed by atoms with Crippen LogP contribution >= 0.6 is 31.9 Å². The first-order valence-electron chi connectivity index (χ1n) is 14.6. The van der Waals surface area contributed by atoms with Crippen LogP contribution in [0.1, 0.15) is 32.6 Å². The Labute approximate surface area is 292 Å². The summed E-state index contributed by atoms with van der Waals surface area (Å²) in [5.74, 6) is -1.35. The first-order chi connectivity index (χ1) is 22.2. The number of rotatable bonds is 9. The van der Waals surface area contributed by atoms with Crippen LogP contribution in [0.4, 0.5) is 0 Å². The number of hydrogen-bond acceptors (Lipinski definition) is 6. The summed E-state index contributed by atoms with van der Waals surface area (Å²) >= 11 is 6.76. The molecule has 5 rings (SSSR count). The van der Waals surface area contributed by atoms with Gasteiger partial charge in [-0.05, 0) is 92.4 Å². The van der Waals surface area contributed by atoms with Crippen molar-refractivity contribution in [1.29, 1.82) is 0 Å². The van der Waals surface area contributed by atoms with E-state index < -0.39 is 32.6 Å². The molecule has 0 fully saturated rings. The normalized spacial score (nSPS) is 13.8. The molecule has 1 heterocycles. The first-order valence-corrected chi connectivity index (χ1v) is 19.0. The van der Waals surface area contributed by atoms with Gasteiger partial charge in [0.1, 0.15) is 6.54 Å². The van der Waals surface area contributed by atoms with Gasteiger partial charge in [-0.2, -0.15) is 8.61 Å². The Bertz CT molecular complexity index is 1970. The molecule has 0 aromatic heterocycles. The van der Waals surface area contributed by atoms with E-state index in [1.54, 1.807) is 48.5 Å². The number of carboxylic acid groups (broad SMARTS) is 1. The third-order valence-corrected chi connectivity index (χ3v) is 12.2. The molecule has 0 atom stereocenters. The van der Waals surface area contributed by atoms with E-state index in [9.17, 15) is 26.4 Å². The minimum absolute atomic E-state index is 0.0962. The Hall–Kier alpha value is -3.20. The number of Topliss-reactive ketones (excluding diaryl/α,β-unsaturated/α-hetero) is 1. The van der Waals surface area contributed by atoms with Crippen LogP contribution in [0.15, 0.2) is 110 Å². The van der Waals surface area contributed by atoms with Gasteiger partial charge >= 0.3 is 5.97 Å². The number of halogens is 2. The molecule has 248 valence electrons. The number of hydrogen-bond donors (Lipinski definition) is 1. The third-order valence-electron chi connectivity index (χ3n) is 7.49. The van der Waals surface area contributed by atoms with Crippen LogP contribution in [0.25, 0.3) is 0 Å². The summed E-state index contributed by atoms with van der Waals surface area (Å²) in [6.45, 7) is 3.47. The molecule has 0 saturated heterocycles. The monoisotopic (exact) mass is 804 g/mol. The van der Waals surface area contributed by atoms with E-state index in [1.165, 1.54) is 16.4 Å². The number of carbonyl (C=O) groups excluding carboxylic acids is 1. The van der Waals surface area contributed by atoms with Crippen LogP contribution in [0, 0.1) is 13.8 Å². The fourth-order valence-electron chi connectivity index (χ4n) is 4.92. The molecule has 47 heavy (non-hydrogen) atoms. The molecule has 1 N–H and O–H groups in total. The molecule has 1 aliphatic rings. The number of carbonyl (C=O) groups is 2. The van der Waals surface area contributed by atoms with Crippen LogP contribution < -0.4 is 0 Å². The van der Waals surface area contributed by atoms with E-state index in [0.717, 1.165) is 35.5 Å². The van der Waals surface area contributed by atoms with Crippen molar-refractivity contribution < 1.29 is 31.5 Å². The number of aliphatic carboxylic acids is 1. The molecule has 0 saturated carbocycles. The van der Waals surface area contributed by atoms with E-state index in [1.807, 2.05) is 44.2 Å². The molecule has 0 spiro atoms. The van der Waals surface area contributed by atoms with Crippen molar-refractivity contribution in [3.05, 3.63) is 128 Å². The van der Waals surface area contributed by atoms with Gasteiger partial charge in [0, 0.05) is 27.6 Å². The largest absolute Gasteiger partial charge is 0.480 e. The van der Waals surface area contributed by atoms with Crippen molar-refractivity contribution in [1.82, 2.24) is 8.61 Å². The molecule has 4 aromatic carbocycles. The zero-order valence-corrected chi connectivity index (χ0v) is 30.6. The number of aryl methyl sites for hydroxylation is 2. The van der Waals surface area contributed by atoms with Crippen molar-refractivity contribution in [2.45, 2.75) is 36.5 Å². The molecule has 0 radical (unpaired) electrons. The fourth-order valence-corrected chi connectivity index (χ4v) is 8.56. The van der Waals surface area contributed by atoms with Gasteiger partial charge in [0.25, 0.3) is 0 Å². The SMILES string of the molecule is Cc1ccc(S(=O)(=O)N(CCc2cccc(Br)c2)CC(=O)O)cc1.Cc1ccc(S(=O)(=O)N2CCc3cc(Br)ccc3C(=O)C2)cc1. The molecule has 0 bridgehead atoms. The maximum atomic E-state index is 12.8. The van der Waals surface area contributed by atoms with Gasteiger partial charge in [0.05, 0.1) is 16.3 Å². The van der Waals surface area contributed by atoms with Crippen LogP contribution in [0.5, 0.6) is 0 Å². The lowest BCUT2D eigenvalue weighted by molar-refractivity contribution is -0.137. The summed E-state index contributed by atoms with van der Waals surface area (Å²) in [6, 6.07) is 26.0. The molecule has 0 amide bonds. The lowest BCUT2D eigenvalue weighted by Gasteiger charge is -2.20. The highest BCUT2D eigenvalue weighted by Crippen LogP contribution is 2.25. The topological polar surface area (TPSA) is 129 Å². The highest BCUT2D eigenvalue weighted by molar-refractivity contribution is 9.10. The van der Waals surface area contributed by atoms with Crippen LogP contribution in [-0.2, 0) is 37.7 Å². The van der Waals surface area contributed by atoms with Gasteiger partial charge in [-0.1, -0.05) is 79.4 Å². The minimum Gasteiger partial charge on any atom is -0.480 e. The average Bonchev–Trinajstić information content (AvgIpc) is 3.18. The van der Waals surface area contributed by atoms with Crippen molar-refractivity contribution in [3.8, 4) is 0 Å². The van der Waals surface area contributed by atoms with E-state index in [2.05, 4.69) is 31.9 Å². The van der Waals surface area contributed by atoms with E-state index in [0.29, 0.717) is 24.9 Å². The molecule has 9 nitrogen and oxygen atoms in total. The summed E-state index contributed by atoms with van der Waals surface area (Å²) in [4.78, 5) is 23.9. The highest BCUT2D eigenvalue weighted by atomic mass is 79.9. The Kier molecular flexibility index (Phi) is 12.3. The molecule has 1 aliphatic heterocycles. The number of nitrogens with zero attached hydrogens (tertiary/aromatic N) is 2. The molecule has 0 unspecified atom stereocenters. The number of fused-ring (bicyclic) bond motifs is 1. The zero-order valence-electron chi connectivity index (χ0n) is 25.8. The Morgan fingerprint density at radius 1 is 0.830 bits per heavy atom. The zero-order chi connectivity index (χ0) is 34.4. The van der Waals surface area contributed by atoms with Crippen molar-refractivity contribution >= 4 is 63.7 Å². The smallest absolute Gasteiger partial charge is 0.318 e. The lowest BCUT2D eigenvalue weighted by Crippen LogP contribution is -2.37. The van der Waals surface area contributed by atoms with Crippen molar-refractivity contribution in [2.75, 3.05) is 26.2 Å². The number of benzene rings is 4. The second-order valence-electron chi connectivity index (χ2n) is 11.1. The van der Waals surface area contributed by atoms with E-state index >= 15 is 0 Å². The number of ketones is 1. The van der Waals surface area contributed by atoms with Crippen molar-refractivity contribution in [2.24, 2.45) is 0 Å². The highest BCUT2D eigenvalue weighted by Gasteiger charge is 2.30. The Morgan fingerprint density at radius 3 is 2.02 bits per heavy atom.